The molecule has 0 radical (unpaired) electrons. The van der Waals surface area contributed by atoms with Crippen molar-refractivity contribution in [3.8, 4) is 35.1 Å². The van der Waals surface area contributed by atoms with Crippen LogP contribution in [0.5, 0.6) is 11.5 Å². The third kappa shape index (κ3) is 4.58. The molecule has 6 nitrogen and oxygen atoms in total. The minimum atomic E-state index is -0.426. The Balaban J connectivity index is 1.91. The van der Waals surface area contributed by atoms with Crippen LogP contribution in [0.3, 0.4) is 0 Å². The summed E-state index contributed by atoms with van der Waals surface area (Å²) in [6, 6.07) is 16.8. The van der Waals surface area contributed by atoms with Crippen molar-refractivity contribution < 1.29 is 9.84 Å². The molecular formula is C27H25N3O3. The van der Waals surface area contributed by atoms with Gasteiger partial charge in [0.15, 0.2) is 0 Å². The van der Waals surface area contributed by atoms with Crippen LogP contribution in [-0.2, 0) is 6.54 Å². The molecule has 0 fully saturated rings. The number of pyridine rings is 1. The fraction of sp³-hybridized carbons (Fsp3) is 0.222. The van der Waals surface area contributed by atoms with E-state index in [-0.39, 0.29) is 18.9 Å². The van der Waals surface area contributed by atoms with E-state index in [0.29, 0.717) is 28.6 Å². The van der Waals surface area contributed by atoms with Crippen LogP contribution in [0.1, 0.15) is 36.7 Å². The molecule has 0 saturated carbocycles. The number of ether oxygens (including phenoxy) is 1. The molecule has 0 unspecified atom stereocenters. The van der Waals surface area contributed by atoms with E-state index >= 15 is 0 Å². The Labute approximate surface area is 192 Å². The molecule has 0 bridgehead atoms. The second-order valence-corrected chi connectivity index (χ2v) is 8.20. The highest BCUT2D eigenvalue weighted by molar-refractivity contribution is 5.93. The van der Waals surface area contributed by atoms with E-state index in [1.807, 2.05) is 43.3 Å². The largest absolute Gasteiger partial charge is 0.506 e. The number of nitrogens with zero attached hydrogens (tertiary/aromatic N) is 3. The van der Waals surface area contributed by atoms with Crippen molar-refractivity contribution >= 4 is 10.9 Å². The van der Waals surface area contributed by atoms with Crippen LogP contribution in [0.4, 0.5) is 0 Å². The summed E-state index contributed by atoms with van der Waals surface area (Å²) in [4.78, 5) is 22.0. The van der Waals surface area contributed by atoms with Crippen LogP contribution >= 0.6 is 0 Å². The van der Waals surface area contributed by atoms with Gasteiger partial charge in [0.1, 0.15) is 23.8 Å². The maximum Gasteiger partial charge on any atom is 0.348 e. The zero-order valence-electron chi connectivity index (χ0n) is 18.9. The predicted octanol–water partition coefficient (Wildman–Crippen LogP) is 4.66. The summed E-state index contributed by atoms with van der Waals surface area (Å²) in [5.74, 6) is 3.48. The average molecular weight is 440 g/mol. The van der Waals surface area contributed by atoms with Crippen LogP contribution in [-0.4, -0.2) is 26.2 Å². The van der Waals surface area contributed by atoms with Gasteiger partial charge in [-0.2, -0.15) is 4.98 Å². The number of fused-ring (bicyclic) bond motifs is 1. The van der Waals surface area contributed by atoms with Crippen molar-refractivity contribution in [1.29, 1.82) is 0 Å². The Kier molecular flexibility index (Phi) is 6.14. The zero-order chi connectivity index (χ0) is 23.5. The molecule has 6 heteroatoms. The lowest BCUT2D eigenvalue weighted by molar-refractivity contribution is 0.371. The van der Waals surface area contributed by atoms with E-state index in [1.54, 1.807) is 18.2 Å². The first kappa shape index (κ1) is 22.1. The van der Waals surface area contributed by atoms with Crippen molar-refractivity contribution in [2.45, 2.75) is 33.2 Å². The molecular weight excluding hydrogens is 414 g/mol. The van der Waals surface area contributed by atoms with Gasteiger partial charge in [0.05, 0.1) is 17.8 Å². The highest BCUT2D eigenvalue weighted by Crippen LogP contribution is 2.30. The molecule has 2 aromatic heterocycles. The summed E-state index contributed by atoms with van der Waals surface area (Å²) in [6.07, 6.45) is 5.34. The first-order valence-electron chi connectivity index (χ1n) is 10.7. The number of rotatable bonds is 6. The topological polar surface area (TPSA) is 77.2 Å². The molecule has 2 heterocycles. The van der Waals surface area contributed by atoms with Crippen LogP contribution in [0.2, 0.25) is 0 Å². The molecule has 33 heavy (non-hydrogen) atoms. The summed E-state index contributed by atoms with van der Waals surface area (Å²) in [5, 5.41) is 11.0. The lowest BCUT2D eigenvalue weighted by Crippen LogP contribution is -2.25. The molecule has 0 atom stereocenters. The fourth-order valence-corrected chi connectivity index (χ4v) is 3.74. The number of hydrogen-bond donors (Lipinski definition) is 1. The summed E-state index contributed by atoms with van der Waals surface area (Å²) in [7, 11) is 0. The Morgan fingerprint density at radius 1 is 1.09 bits per heavy atom. The van der Waals surface area contributed by atoms with E-state index in [0.717, 1.165) is 16.6 Å². The number of aromatic hydroxyl groups is 1. The molecule has 0 aliphatic rings. The fourth-order valence-electron chi connectivity index (χ4n) is 3.74. The number of benzene rings is 2. The van der Waals surface area contributed by atoms with E-state index in [1.165, 1.54) is 10.1 Å². The Morgan fingerprint density at radius 2 is 1.85 bits per heavy atom. The van der Waals surface area contributed by atoms with Crippen molar-refractivity contribution in [2.24, 2.45) is 0 Å². The molecule has 0 saturated heterocycles. The highest BCUT2D eigenvalue weighted by atomic mass is 16.5. The Bertz CT molecular complexity index is 1410. The van der Waals surface area contributed by atoms with Crippen molar-refractivity contribution in [1.82, 2.24) is 14.5 Å². The summed E-state index contributed by atoms with van der Waals surface area (Å²) in [6.45, 7) is 6.33. The van der Waals surface area contributed by atoms with Crippen LogP contribution in [0, 0.1) is 19.3 Å². The van der Waals surface area contributed by atoms with Gasteiger partial charge >= 0.3 is 5.69 Å². The molecule has 4 rings (SSSR count). The van der Waals surface area contributed by atoms with Gasteiger partial charge in [-0.1, -0.05) is 44.0 Å². The number of aryl methyl sites for hydroxylation is 1. The Hall–Kier alpha value is -4.11. The average Bonchev–Trinajstić information content (AvgIpc) is 2.81. The highest BCUT2D eigenvalue weighted by Gasteiger charge is 2.16. The number of terminal acetylenes is 1. The molecule has 4 aromatic rings. The maximum atomic E-state index is 13.1. The molecule has 0 aliphatic carbocycles. The number of aromatic nitrogens is 3. The summed E-state index contributed by atoms with van der Waals surface area (Å²) < 4.78 is 7.13. The first-order chi connectivity index (χ1) is 15.9. The molecule has 2 aromatic carbocycles. The van der Waals surface area contributed by atoms with Crippen molar-refractivity contribution in [3.63, 3.8) is 0 Å². The van der Waals surface area contributed by atoms with Gasteiger partial charge in [-0.3, -0.25) is 9.55 Å². The molecule has 0 aliphatic heterocycles. The quantitative estimate of drug-likeness (QED) is 0.442. The Morgan fingerprint density at radius 3 is 2.55 bits per heavy atom. The smallest absolute Gasteiger partial charge is 0.348 e. The lowest BCUT2D eigenvalue weighted by atomic mass is 9.99. The number of hydrogen-bond acceptors (Lipinski definition) is 5. The SMILES string of the molecule is C#CCOc1ccc2c(c1)c(-c1ccc(C(C)C)cc1)nc(=O)n2Cc1nc(C)ccc1O. The van der Waals surface area contributed by atoms with Crippen LogP contribution < -0.4 is 10.4 Å². The van der Waals surface area contributed by atoms with Crippen molar-refractivity contribution in [3.05, 3.63) is 82.0 Å². The van der Waals surface area contributed by atoms with Crippen LogP contribution in [0.15, 0.2) is 59.4 Å². The lowest BCUT2D eigenvalue weighted by Gasteiger charge is -2.15. The summed E-state index contributed by atoms with van der Waals surface area (Å²) >= 11 is 0. The predicted molar refractivity (Wildman–Crippen MR) is 130 cm³/mol. The van der Waals surface area contributed by atoms with Gasteiger partial charge in [0, 0.05) is 16.6 Å². The zero-order valence-corrected chi connectivity index (χ0v) is 18.9. The third-order valence-electron chi connectivity index (χ3n) is 5.52. The van der Waals surface area contributed by atoms with Gasteiger partial charge < -0.3 is 9.84 Å². The maximum absolute atomic E-state index is 13.1. The second-order valence-electron chi connectivity index (χ2n) is 8.20. The second kappa shape index (κ2) is 9.17. The standard InChI is InChI=1S/C27H25N3O3/c1-5-14-33-21-11-12-24-22(15-21)26(20-9-7-19(8-10-20)17(2)3)29-27(32)30(24)16-23-25(31)13-6-18(4)28-23/h1,6-13,15,17,31H,14,16H2,2-4H3. The minimum absolute atomic E-state index is 0.0305. The van der Waals surface area contributed by atoms with Gasteiger partial charge in [0.25, 0.3) is 0 Å². The minimum Gasteiger partial charge on any atom is -0.506 e. The van der Waals surface area contributed by atoms with Crippen molar-refractivity contribution in [2.75, 3.05) is 6.61 Å². The van der Waals surface area contributed by atoms with E-state index in [9.17, 15) is 9.90 Å². The van der Waals surface area contributed by atoms with Gasteiger partial charge in [0.2, 0.25) is 0 Å². The van der Waals surface area contributed by atoms with Gasteiger partial charge in [-0.15, -0.1) is 6.42 Å². The molecule has 1 N–H and O–H groups in total. The third-order valence-corrected chi connectivity index (χ3v) is 5.52. The van der Waals surface area contributed by atoms with E-state index < -0.39 is 5.69 Å². The van der Waals surface area contributed by atoms with E-state index in [4.69, 9.17) is 11.2 Å². The summed E-state index contributed by atoms with van der Waals surface area (Å²) in [5.41, 5.74) is 3.99. The normalized spacial score (nSPS) is 11.0. The molecule has 0 amide bonds. The molecule has 166 valence electrons. The first-order valence-corrected chi connectivity index (χ1v) is 10.7. The van der Waals surface area contributed by atoms with Crippen LogP contribution in [0.25, 0.3) is 22.2 Å². The monoisotopic (exact) mass is 439 g/mol. The molecule has 0 spiro atoms. The van der Waals surface area contributed by atoms with Gasteiger partial charge in [-0.05, 0) is 48.7 Å². The van der Waals surface area contributed by atoms with Gasteiger partial charge in [-0.25, -0.2) is 4.79 Å². The van der Waals surface area contributed by atoms with E-state index in [2.05, 4.69) is 29.7 Å².